The quantitative estimate of drug-likeness (QED) is 0.721. The Kier molecular flexibility index (Phi) is 3.70. The molecule has 122 valence electrons. The van der Waals surface area contributed by atoms with Crippen molar-refractivity contribution in [2.75, 3.05) is 4.90 Å². The second-order valence-corrected chi connectivity index (χ2v) is 6.87. The standard InChI is InChI=1S/C15H12ClN5O2S/c16-9-7-17-13(10-3-4-11(24-10)15(22)23)19-14(9)21(8-1-2-8)12-5-6-18-20-12/h3-8H,1-2H2,(H,18,20)(H,22,23). The number of nitrogens with zero attached hydrogens (tertiary/aromatic N) is 4. The molecule has 0 saturated heterocycles. The second-order valence-electron chi connectivity index (χ2n) is 5.38. The number of hydrogen-bond donors (Lipinski definition) is 2. The van der Waals surface area contributed by atoms with Crippen LogP contribution in [0.5, 0.6) is 0 Å². The number of nitrogens with one attached hydrogen (secondary N) is 1. The number of anilines is 2. The second kappa shape index (κ2) is 5.88. The number of carboxylic acid groups (broad SMARTS) is 1. The van der Waals surface area contributed by atoms with Crippen molar-refractivity contribution < 1.29 is 9.90 Å². The van der Waals surface area contributed by atoms with Crippen LogP contribution in [0.2, 0.25) is 5.02 Å². The number of aromatic nitrogens is 4. The fourth-order valence-electron chi connectivity index (χ4n) is 2.42. The number of halogens is 1. The summed E-state index contributed by atoms with van der Waals surface area (Å²) in [6.07, 6.45) is 5.33. The number of aromatic amines is 1. The first-order valence-electron chi connectivity index (χ1n) is 7.28. The van der Waals surface area contributed by atoms with Crippen molar-refractivity contribution in [1.29, 1.82) is 0 Å². The van der Waals surface area contributed by atoms with Crippen molar-refractivity contribution in [3.05, 3.63) is 40.5 Å². The zero-order chi connectivity index (χ0) is 16.7. The van der Waals surface area contributed by atoms with Crippen LogP contribution in [0.4, 0.5) is 11.6 Å². The van der Waals surface area contributed by atoms with Crippen molar-refractivity contribution in [1.82, 2.24) is 20.2 Å². The highest BCUT2D eigenvalue weighted by Gasteiger charge is 2.33. The Morgan fingerprint density at radius 1 is 1.38 bits per heavy atom. The predicted molar refractivity (Wildman–Crippen MR) is 91.1 cm³/mol. The maximum Gasteiger partial charge on any atom is 0.345 e. The van der Waals surface area contributed by atoms with Crippen LogP contribution in [0.15, 0.2) is 30.6 Å². The number of aromatic carboxylic acids is 1. The first-order valence-corrected chi connectivity index (χ1v) is 8.47. The molecule has 4 rings (SSSR count). The molecule has 2 N–H and O–H groups in total. The Morgan fingerprint density at radius 3 is 2.83 bits per heavy atom. The highest BCUT2D eigenvalue weighted by Crippen LogP contribution is 2.40. The van der Waals surface area contributed by atoms with Gasteiger partial charge < -0.3 is 10.0 Å². The predicted octanol–water partition coefficient (Wildman–Crippen LogP) is 3.58. The van der Waals surface area contributed by atoms with Gasteiger partial charge in [0, 0.05) is 12.1 Å². The van der Waals surface area contributed by atoms with E-state index in [1.165, 1.54) is 0 Å². The summed E-state index contributed by atoms with van der Waals surface area (Å²) in [7, 11) is 0. The largest absolute Gasteiger partial charge is 0.477 e. The Morgan fingerprint density at radius 2 is 2.21 bits per heavy atom. The maximum atomic E-state index is 11.1. The zero-order valence-corrected chi connectivity index (χ0v) is 13.9. The maximum absolute atomic E-state index is 11.1. The van der Waals surface area contributed by atoms with Gasteiger partial charge in [-0.1, -0.05) is 11.6 Å². The Balaban J connectivity index is 1.76. The van der Waals surface area contributed by atoms with Crippen LogP contribution in [0.25, 0.3) is 10.7 Å². The first-order chi connectivity index (χ1) is 11.6. The van der Waals surface area contributed by atoms with E-state index in [0.29, 0.717) is 27.6 Å². The number of H-pyrrole nitrogens is 1. The molecule has 0 unspecified atom stereocenters. The third-order valence-corrected chi connectivity index (χ3v) is 4.98. The molecule has 1 saturated carbocycles. The molecule has 0 aliphatic heterocycles. The van der Waals surface area contributed by atoms with E-state index in [0.717, 1.165) is 30.0 Å². The normalized spacial score (nSPS) is 13.9. The van der Waals surface area contributed by atoms with Gasteiger partial charge in [-0.05, 0) is 25.0 Å². The fraction of sp³-hybridized carbons (Fsp3) is 0.200. The number of rotatable bonds is 5. The summed E-state index contributed by atoms with van der Waals surface area (Å²) in [6.45, 7) is 0. The van der Waals surface area contributed by atoms with Crippen molar-refractivity contribution in [2.24, 2.45) is 0 Å². The monoisotopic (exact) mass is 361 g/mol. The van der Waals surface area contributed by atoms with Crippen molar-refractivity contribution in [2.45, 2.75) is 18.9 Å². The Hall–Kier alpha value is -2.45. The van der Waals surface area contributed by atoms with Gasteiger partial charge in [0.05, 0.1) is 17.3 Å². The highest BCUT2D eigenvalue weighted by atomic mass is 35.5. The summed E-state index contributed by atoms with van der Waals surface area (Å²) < 4.78 is 0. The van der Waals surface area contributed by atoms with E-state index >= 15 is 0 Å². The lowest BCUT2D eigenvalue weighted by atomic mass is 10.3. The molecule has 0 aromatic carbocycles. The molecule has 3 aromatic rings. The molecular weight excluding hydrogens is 350 g/mol. The molecule has 0 atom stereocenters. The van der Waals surface area contributed by atoms with Crippen LogP contribution >= 0.6 is 22.9 Å². The van der Waals surface area contributed by atoms with E-state index in [4.69, 9.17) is 16.7 Å². The van der Waals surface area contributed by atoms with Gasteiger partial charge >= 0.3 is 5.97 Å². The molecule has 3 heterocycles. The van der Waals surface area contributed by atoms with Crippen LogP contribution in [0.3, 0.4) is 0 Å². The number of hydrogen-bond acceptors (Lipinski definition) is 6. The SMILES string of the molecule is O=C(O)c1ccc(-c2ncc(Cl)c(N(c3ccn[nH]3)C3CC3)n2)s1. The highest BCUT2D eigenvalue weighted by molar-refractivity contribution is 7.17. The van der Waals surface area contributed by atoms with E-state index in [2.05, 4.69) is 20.2 Å². The van der Waals surface area contributed by atoms with Gasteiger partial charge in [0.1, 0.15) is 15.7 Å². The van der Waals surface area contributed by atoms with E-state index in [1.807, 2.05) is 11.0 Å². The van der Waals surface area contributed by atoms with E-state index in [9.17, 15) is 4.79 Å². The molecule has 0 spiro atoms. The van der Waals surface area contributed by atoms with Crippen LogP contribution in [-0.4, -0.2) is 37.3 Å². The summed E-state index contributed by atoms with van der Waals surface area (Å²) >= 11 is 7.47. The molecule has 7 nitrogen and oxygen atoms in total. The zero-order valence-electron chi connectivity index (χ0n) is 12.3. The van der Waals surface area contributed by atoms with Gasteiger partial charge in [0.15, 0.2) is 11.6 Å². The summed E-state index contributed by atoms with van der Waals surface area (Å²) in [6, 6.07) is 5.44. The van der Waals surface area contributed by atoms with Crippen molar-refractivity contribution in [3.8, 4) is 10.7 Å². The fourth-order valence-corrected chi connectivity index (χ4v) is 3.39. The van der Waals surface area contributed by atoms with Gasteiger partial charge in [-0.2, -0.15) is 5.10 Å². The van der Waals surface area contributed by atoms with Crippen LogP contribution in [0, 0.1) is 0 Å². The molecule has 1 fully saturated rings. The van der Waals surface area contributed by atoms with Crippen LogP contribution < -0.4 is 4.90 Å². The van der Waals surface area contributed by atoms with Gasteiger partial charge in [-0.3, -0.25) is 5.10 Å². The van der Waals surface area contributed by atoms with Crippen molar-refractivity contribution >= 4 is 40.5 Å². The lowest BCUT2D eigenvalue weighted by molar-refractivity contribution is 0.0702. The number of thiophene rings is 1. The minimum absolute atomic E-state index is 0.248. The lowest BCUT2D eigenvalue weighted by Gasteiger charge is -2.22. The molecule has 1 aliphatic carbocycles. The number of carbonyl (C=O) groups is 1. The Labute approximate surface area is 145 Å². The van der Waals surface area contributed by atoms with Gasteiger partial charge in [0.2, 0.25) is 0 Å². The molecule has 24 heavy (non-hydrogen) atoms. The summed E-state index contributed by atoms with van der Waals surface area (Å²) in [4.78, 5) is 22.8. The molecule has 0 radical (unpaired) electrons. The Bertz CT molecular complexity index is 891. The van der Waals surface area contributed by atoms with Crippen LogP contribution in [0.1, 0.15) is 22.5 Å². The topological polar surface area (TPSA) is 95.0 Å². The van der Waals surface area contributed by atoms with Gasteiger partial charge in [0.25, 0.3) is 0 Å². The average Bonchev–Trinajstić information content (AvgIpc) is 3.05. The first kappa shape index (κ1) is 15.1. The minimum atomic E-state index is -0.961. The third-order valence-electron chi connectivity index (χ3n) is 3.65. The van der Waals surface area contributed by atoms with E-state index < -0.39 is 5.97 Å². The number of carboxylic acids is 1. The molecular formula is C15H12ClN5O2S. The molecule has 9 heteroatoms. The minimum Gasteiger partial charge on any atom is -0.477 e. The van der Waals surface area contributed by atoms with E-state index in [1.54, 1.807) is 24.5 Å². The molecule has 1 aliphatic rings. The average molecular weight is 362 g/mol. The van der Waals surface area contributed by atoms with Crippen LogP contribution in [-0.2, 0) is 0 Å². The summed E-state index contributed by atoms with van der Waals surface area (Å²) in [5.41, 5.74) is 0. The molecule has 3 aromatic heterocycles. The summed E-state index contributed by atoms with van der Waals surface area (Å²) in [5, 5.41) is 16.4. The van der Waals surface area contributed by atoms with Gasteiger partial charge in [-0.15, -0.1) is 11.3 Å². The van der Waals surface area contributed by atoms with E-state index in [-0.39, 0.29) is 4.88 Å². The van der Waals surface area contributed by atoms with Gasteiger partial charge in [-0.25, -0.2) is 14.8 Å². The third kappa shape index (κ3) is 2.74. The smallest absolute Gasteiger partial charge is 0.345 e. The lowest BCUT2D eigenvalue weighted by Crippen LogP contribution is -2.21. The molecule has 0 amide bonds. The molecule has 0 bridgehead atoms. The summed E-state index contributed by atoms with van der Waals surface area (Å²) in [5.74, 6) is 0.912. The van der Waals surface area contributed by atoms with Crippen molar-refractivity contribution in [3.63, 3.8) is 0 Å².